The Kier molecular flexibility index (Phi) is 3.95. The van der Waals surface area contributed by atoms with E-state index >= 15 is 0 Å². The van der Waals surface area contributed by atoms with Gasteiger partial charge in [-0.25, -0.2) is 19.9 Å². The van der Waals surface area contributed by atoms with Crippen LogP contribution in [0.4, 0.5) is 0 Å². The highest BCUT2D eigenvalue weighted by Crippen LogP contribution is 2.21. The molecular weight excluding hydrogens is 306 g/mol. The Labute approximate surface area is 110 Å². The minimum Gasteiger partial charge on any atom is -0.270 e. The van der Waals surface area contributed by atoms with Crippen LogP contribution >= 0.6 is 27.7 Å². The minimum absolute atomic E-state index is 0.202. The quantitative estimate of drug-likeness (QED) is 0.869. The van der Waals surface area contributed by atoms with E-state index in [1.165, 1.54) is 11.8 Å². The number of nitrogens with zero attached hydrogens (tertiary/aromatic N) is 4. The topological polar surface area (TPSA) is 76.5 Å². The summed E-state index contributed by atoms with van der Waals surface area (Å²) in [5.41, 5.74) is -0.202. The van der Waals surface area contributed by atoms with Gasteiger partial charge in [-0.05, 0) is 34.1 Å². The standard InChI is InChI=1S/C9H10BrN5OS/c1-2-3-15-8(16)13-14-9(15)17-7-11-4-6(10)5-12-7/h4-5H,2-3H2,1H3,(H,13,16). The number of hydrogen-bond donors (Lipinski definition) is 1. The molecule has 0 aliphatic rings. The predicted molar refractivity (Wildman–Crippen MR) is 67.0 cm³/mol. The summed E-state index contributed by atoms with van der Waals surface area (Å²) in [5.74, 6) is 0. The van der Waals surface area contributed by atoms with Crippen molar-refractivity contribution in [1.82, 2.24) is 24.7 Å². The number of nitrogens with one attached hydrogen (secondary N) is 1. The second-order valence-corrected chi connectivity index (χ2v) is 5.10. The third-order valence-electron chi connectivity index (χ3n) is 1.95. The second-order valence-electron chi connectivity index (χ2n) is 3.25. The summed E-state index contributed by atoms with van der Waals surface area (Å²) < 4.78 is 2.39. The highest BCUT2D eigenvalue weighted by Gasteiger charge is 2.10. The van der Waals surface area contributed by atoms with Gasteiger partial charge in [-0.15, -0.1) is 5.10 Å². The molecule has 2 aromatic heterocycles. The summed E-state index contributed by atoms with van der Waals surface area (Å²) in [6.07, 6.45) is 4.18. The van der Waals surface area contributed by atoms with Crippen LogP contribution in [0.3, 0.4) is 0 Å². The SMILES string of the molecule is CCCn1c(Sc2ncc(Br)cn2)n[nH]c1=O. The Morgan fingerprint density at radius 3 is 2.82 bits per heavy atom. The molecule has 0 saturated heterocycles. The first-order chi connectivity index (χ1) is 8.20. The van der Waals surface area contributed by atoms with Crippen LogP contribution < -0.4 is 5.69 Å². The van der Waals surface area contributed by atoms with E-state index in [1.54, 1.807) is 17.0 Å². The summed E-state index contributed by atoms with van der Waals surface area (Å²) in [6, 6.07) is 0. The van der Waals surface area contributed by atoms with Crippen LogP contribution in [-0.2, 0) is 6.54 Å². The number of hydrogen-bond acceptors (Lipinski definition) is 5. The van der Waals surface area contributed by atoms with Crippen LogP contribution in [0.25, 0.3) is 0 Å². The second kappa shape index (κ2) is 5.46. The number of aromatic amines is 1. The van der Waals surface area contributed by atoms with Crippen molar-refractivity contribution >= 4 is 27.7 Å². The summed E-state index contributed by atoms with van der Waals surface area (Å²) in [6.45, 7) is 2.64. The number of rotatable bonds is 4. The van der Waals surface area contributed by atoms with Gasteiger partial charge in [-0.3, -0.25) is 4.57 Å². The van der Waals surface area contributed by atoms with Gasteiger partial charge in [0, 0.05) is 18.9 Å². The van der Waals surface area contributed by atoms with E-state index in [-0.39, 0.29) is 5.69 Å². The molecule has 0 spiro atoms. The smallest absolute Gasteiger partial charge is 0.270 e. The highest BCUT2D eigenvalue weighted by atomic mass is 79.9. The normalized spacial score (nSPS) is 10.7. The van der Waals surface area contributed by atoms with Crippen molar-refractivity contribution in [3.8, 4) is 0 Å². The molecule has 0 atom stereocenters. The van der Waals surface area contributed by atoms with E-state index in [9.17, 15) is 4.79 Å². The Morgan fingerprint density at radius 2 is 2.18 bits per heavy atom. The maximum Gasteiger partial charge on any atom is 0.343 e. The van der Waals surface area contributed by atoms with Crippen molar-refractivity contribution in [2.24, 2.45) is 0 Å². The Bertz CT molecular complexity index is 549. The van der Waals surface area contributed by atoms with E-state index < -0.39 is 0 Å². The van der Waals surface area contributed by atoms with Gasteiger partial charge in [-0.2, -0.15) is 0 Å². The molecule has 0 aliphatic heterocycles. The van der Waals surface area contributed by atoms with E-state index in [1.807, 2.05) is 6.92 Å². The number of halogens is 1. The largest absolute Gasteiger partial charge is 0.343 e. The average Bonchev–Trinajstić information content (AvgIpc) is 2.65. The Hall–Kier alpha value is -1.15. The van der Waals surface area contributed by atoms with Crippen molar-refractivity contribution < 1.29 is 0 Å². The molecule has 8 heteroatoms. The fourth-order valence-electron chi connectivity index (χ4n) is 1.24. The van der Waals surface area contributed by atoms with Crippen molar-refractivity contribution in [1.29, 1.82) is 0 Å². The molecule has 0 radical (unpaired) electrons. The lowest BCUT2D eigenvalue weighted by Crippen LogP contribution is -2.17. The first kappa shape index (κ1) is 12.3. The van der Waals surface area contributed by atoms with Crippen molar-refractivity contribution in [3.05, 3.63) is 27.4 Å². The zero-order valence-corrected chi connectivity index (χ0v) is 11.5. The molecular formula is C9H10BrN5OS. The van der Waals surface area contributed by atoms with Crippen molar-refractivity contribution in [3.63, 3.8) is 0 Å². The molecule has 2 aromatic rings. The summed E-state index contributed by atoms with van der Waals surface area (Å²) in [7, 11) is 0. The molecule has 90 valence electrons. The highest BCUT2D eigenvalue weighted by molar-refractivity contribution is 9.10. The van der Waals surface area contributed by atoms with Gasteiger partial charge in [0.05, 0.1) is 4.47 Å². The third-order valence-corrected chi connectivity index (χ3v) is 3.25. The van der Waals surface area contributed by atoms with Gasteiger partial charge in [0.2, 0.25) is 0 Å². The van der Waals surface area contributed by atoms with Crippen molar-refractivity contribution in [2.75, 3.05) is 0 Å². The molecule has 0 bridgehead atoms. The molecule has 0 fully saturated rings. The maximum absolute atomic E-state index is 11.5. The molecule has 0 amide bonds. The van der Waals surface area contributed by atoms with Gasteiger partial charge in [0.25, 0.3) is 0 Å². The molecule has 6 nitrogen and oxygen atoms in total. The van der Waals surface area contributed by atoms with E-state index in [0.717, 1.165) is 10.9 Å². The molecule has 2 rings (SSSR count). The lowest BCUT2D eigenvalue weighted by molar-refractivity contribution is 0.603. The van der Waals surface area contributed by atoms with Crippen LogP contribution in [0, 0.1) is 0 Å². The van der Waals surface area contributed by atoms with Gasteiger partial charge >= 0.3 is 5.69 Å². The third kappa shape index (κ3) is 2.95. The average molecular weight is 316 g/mol. The number of aromatic nitrogens is 5. The van der Waals surface area contributed by atoms with E-state index in [4.69, 9.17) is 0 Å². The predicted octanol–water partition coefficient (Wildman–Crippen LogP) is 1.69. The summed E-state index contributed by atoms with van der Waals surface area (Å²) in [4.78, 5) is 19.7. The van der Waals surface area contributed by atoms with E-state index in [2.05, 4.69) is 36.1 Å². The van der Waals surface area contributed by atoms with Crippen molar-refractivity contribution in [2.45, 2.75) is 30.2 Å². The van der Waals surface area contributed by atoms with Gasteiger partial charge < -0.3 is 0 Å². The van der Waals surface area contributed by atoms with Crippen LogP contribution in [0.2, 0.25) is 0 Å². The van der Waals surface area contributed by atoms with Gasteiger partial charge in [-0.1, -0.05) is 6.92 Å². The van der Waals surface area contributed by atoms with E-state index in [0.29, 0.717) is 16.9 Å². The molecule has 1 N–H and O–H groups in total. The molecule has 17 heavy (non-hydrogen) atoms. The lowest BCUT2D eigenvalue weighted by atomic mass is 10.5. The number of H-pyrrole nitrogens is 1. The van der Waals surface area contributed by atoms with Crippen LogP contribution in [-0.4, -0.2) is 24.7 Å². The monoisotopic (exact) mass is 315 g/mol. The zero-order chi connectivity index (χ0) is 12.3. The minimum atomic E-state index is -0.202. The lowest BCUT2D eigenvalue weighted by Gasteiger charge is -2.01. The molecule has 0 aliphatic carbocycles. The van der Waals surface area contributed by atoms with Gasteiger partial charge in [0.15, 0.2) is 10.3 Å². The van der Waals surface area contributed by atoms with Crippen LogP contribution in [0.15, 0.2) is 32.0 Å². The fraction of sp³-hybridized carbons (Fsp3) is 0.333. The summed E-state index contributed by atoms with van der Waals surface area (Å²) in [5, 5.41) is 7.52. The van der Waals surface area contributed by atoms with Gasteiger partial charge in [0.1, 0.15) is 0 Å². The first-order valence-corrected chi connectivity index (χ1v) is 6.62. The van der Waals surface area contributed by atoms with Crippen LogP contribution in [0.1, 0.15) is 13.3 Å². The Balaban J connectivity index is 2.23. The summed E-state index contributed by atoms with van der Waals surface area (Å²) >= 11 is 4.52. The molecule has 0 saturated carbocycles. The fourth-order valence-corrected chi connectivity index (χ4v) is 2.19. The molecule has 2 heterocycles. The first-order valence-electron chi connectivity index (χ1n) is 5.01. The Morgan fingerprint density at radius 1 is 1.47 bits per heavy atom. The maximum atomic E-state index is 11.5. The molecule has 0 aromatic carbocycles. The molecule has 0 unspecified atom stereocenters. The zero-order valence-electron chi connectivity index (χ0n) is 9.05. The van der Waals surface area contributed by atoms with Crippen LogP contribution in [0.5, 0.6) is 0 Å².